The second-order valence-corrected chi connectivity index (χ2v) is 9.23. The molecule has 31 heavy (non-hydrogen) atoms. The summed E-state index contributed by atoms with van der Waals surface area (Å²) in [6.07, 6.45) is 1.38. The number of pyridine rings is 1. The van der Waals surface area contributed by atoms with Crippen LogP contribution in [0.2, 0.25) is 0 Å². The Kier molecular flexibility index (Phi) is 5.47. The Morgan fingerprint density at radius 1 is 1.29 bits per heavy atom. The molecule has 1 aromatic carbocycles. The number of nitrogens with zero attached hydrogens (tertiary/aromatic N) is 3. The van der Waals surface area contributed by atoms with Gasteiger partial charge >= 0.3 is 0 Å². The molecule has 1 fully saturated rings. The van der Waals surface area contributed by atoms with Crippen LogP contribution in [0, 0.1) is 6.92 Å². The Balaban J connectivity index is 1.63. The number of ether oxygens (including phenoxy) is 1. The predicted molar refractivity (Wildman–Crippen MR) is 120 cm³/mol. The Morgan fingerprint density at radius 3 is 2.55 bits per heavy atom. The topological polar surface area (TPSA) is 89.3 Å². The fourth-order valence-electron chi connectivity index (χ4n) is 3.77. The van der Waals surface area contributed by atoms with Gasteiger partial charge in [0.1, 0.15) is 5.75 Å². The van der Waals surface area contributed by atoms with Crippen LogP contribution >= 0.6 is 0 Å². The van der Waals surface area contributed by atoms with Crippen LogP contribution in [0.5, 0.6) is 5.75 Å². The van der Waals surface area contributed by atoms with Crippen molar-refractivity contribution in [3.05, 3.63) is 52.8 Å². The van der Waals surface area contributed by atoms with E-state index in [1.807, 2.05) is 17.7 Å². The molecule has 2 aromatic heterocycles. The minimum atomic E-state index is -0.812. The van der Waals surface area contributed by atoms with Crippen LogP contribution in [0.15, 0.2) is 30.3 Å². The van der Waals surface area contributed by atoms with Crippen LogP contribution in [0.4, 0.5) is 0 Å². The second kappa shape index (κ2) is 7.96. The SMILES string of the molecule is COc1ccc(C(O)CNC(=O)c2cc(C3CC3)nc3c2c(C)nn3C(C)(C)C)cc1. The molecule has 0 bridgehead atoms. The van der Waals surface area contributed by atoms with E-state index in [0.717, 1.165) is 46.6 Å². The molecule has 1 aliphatic carbocycles. The number of aliphatic hydroxyl groups excluding tert-OH is 1. The summed E-state index contributed by atoms with van der Waals surface area (Å²) >= 11 is 0. The molecule has 0 radical (unpaired) electrons. The van der Waals surface area contributed by atoms with Crippen LogP contribution < -0.4 is 10.1 Å². The minimum Gasteiger partial charge on any atom is -0.497 e. The first-order chi connectivity index (χ1) is 14.7. The molecule has 7 heteroatoms. The average Bonchev–Trinajstić information content (AvgIpc) is 3.54. The van der Waals surface area contributed by atoms with E-state index in [4.69, 9.17) is 14.8 Å². The summed E-state index contributed by atoms with van der Waals surface area (Å²) in [5, 5.41) is 18.9. The molecule has 0 aliphatic heterocycles. The Hall–Kier alpha value is -2.93. The monoisotopic (exact) mass is 422 g/mol. The van der Waals surface area contributed by atoms with Gasteiger partial charge in [-0.25, -0.2) is 9.67 Å². The van der Waals surface area contributed by atoms with E-state index in [2.05, 4.69) is 26.1 Å². The fourth-order valence-corrected chi connectivity index (χ4v) is 3.77. The number of fused-ring (bicyclic) bond motifs is 1. The number of carbonyl (C=O) groups excluding carboxylic acids is 1. The van der Waals surface area contributed by atoms with E-state index >= 15 is 0 Å². The molecule has 164 valence electrons. The summed E-state index contributed by atoms with van der Waals surface area (Å²) in [5.74, 6) is 0.904. The molecular formula is C24H30N4O3. The van der Waals surface area contributed by atoms with Crippen LogP contribution in [-0.2, 0) is 5.54 Å². The lowest BCUT2D eigenvalue weighted by atomic mass is 10.1. The first-order valence-electron chi connectivity index (χ1n) is 10.7. The number of amides is 1. The molecule has 1 amide bonds. The van der Waals surface area contributed by atoms with Gasteiger partial charge in [-0.3, -0.25) is 4.79 Å². The van der Waals surface area contributed by atoms with E-state index in [1.54, 1.807) is 31.4 Å². The summed E-state index contributed by atoms with van der Waals surface area (Å²) < 4.78 is 7.06. The lowest BCUT2D eigenvalue weighted by molar-refractivity contribution is 0.0917. The van der Waals surface area contributed by atoms with E-state index in [9.17, 15) is 9.90 Å². The van der Waals surface area contributed by atoms with Crippen molar-refractivity contribution in [2.45, 2.75) is 58.1 Å². The number of methoxy groups -OCH3 is 1. The molecule has 2 heterocycles. The minimum absolute atomic E-state index is 0.111. The van der Waals surface area contributed by atoms with Crippen molar-refractivity contribution in [2.24, 2.45) is 0 Å². The highest BCUT2D eigenvalue weighted by molar-refractivity contribution is 6.06. The number of carbonyl (C=O) groups is 1. The molecular weight excluding hydrogens is 392 g/mol. The number of benzene rings is 1. The number of nitrogens with one attached hydrogen (secondary N) is 1. The van der Waals surface area contributed by atoms with E-state index in [1.165, 1.54) is 0 Å². The van der Waals surface area contributed by atoms with E-state index < -0.39 is 6.10 Å². The highest BCUT2D eigenvalue weighted by atomic mass is 16.5. The summed E-state index contributed by atoms with van der Waals surface area (Å²) in [7, 11) is 1.60. The number of aromatic nitrogens is 3. The zero-order chi connectivity index (χ0) is 22.3. The quantitative estimate of drug-likeness (QED) is 0.630. The van der Waals surface area contributed by atoms with Gasteiger partial charge < -0.3 is 15.2 Å². The van der Waals surface area contributed by atoms with Gasteiger partial charge in [0.15, 0.2) is 5.65 Å². The van der Waals surface area contributed by atoms with Gasteiger partial charge in [0.2, 0.25) is 0 Å². The maximum absolute atomic E-state index is 13.2. The van der Waals surface area contributed by atoms with Crippen LogP contribution in [0.3, 0.4) is 0 Å². The molecule has 4 rings (SSSR count). The van der Waals surface area contributed by atoms with Gasteiger partial charge in [-0.2, -0.15) is 5.10 Å². The molecule has 2 N–H and O–H groups in total. The maximum Gasteiger partial charge on any atom is 0.252 e. The van der Waals surface area contributed by atoms with Crippen molar-refractivity contribution >= 4 is 16.9 Å². The predicted octanol–water partition coefficient (Wildman–Crippen LogP) is 3.84. The molecule has 1 saturated carbocycles. The summed E-state index contributed by atoms with van der Waals surface area (Å²) in [4.78, 5) is 18.1. The van der Waals surface area contributed by atoms with Crippen LogP contribution in [-0.4, -0.2) is 39.4 Å². The number of hydrogen-bond donors (Lipinski definition) is 2. The van der Waals surface area contributed by atoms with Crippen molar-refractivity contribution in [3.8, 4) is 5.75 Å². The fraction of sp³-hybridized carbons (Fsp3) is 0.458. The maximum atomic E-state index is 13.2. The summed E-state index contributed by atoms with van der Waals surface area (Å²) in [5.41, 5.74) is 3.51. The van der Waals surface area contributed by atoms with Gasteiger partial charge in [0.25, 0.3) is 5.91 Å². The molecule has 0 saturated heterocycles. The lowest BCUT2D eigenvalue weighted by Crippen LogP contribution is -2.29. The molecule has 7 nitrogen and oxygen atoms in total. The average molecular weight is 423 g/mol. The van der Waals surface area contributed by atoms with Gasteiger partial charge in [-0.1, -0.05) is 12.1 Å². The molecule has 0 spiro atoms. The highest BCUT2D eigenvalue weighted by Crippen LogP contribution is 2.41. The number of aryl methyl sites for hydroxylation is 1. The Morgan fingerprint density at radius 2 is 1.97 bits per heavy atom. The van der Waals surface area contributed by atoms with Crippen LogP contribution in [0.25, 0.3) is 11.0 Å². The zero-order valence-electron chi connectivity index (χ0n) is 18.8. The van der Waals surface area contributed by atoms with Crippen molar-refractivity contribution in [3.63, 3.8) is 0 Å². The van der Waals surface area contributed by atoms with Crippen molar-refractivity contribution in [1.29, 1.82) is 0 Å². The largest absolute Gasteiger partial charge is 0.497 e. The standard InChI is InChI=1S/C24H30N4O3/c1-14-21-18(23(30)25-13-20(29)16-8-10-17(31-5)11-9-16)12-19(15-6-7-15)26-22(21)28(27-14)24(2,3)4/h8-12,15,20,29H,6-7,13H2,1-5H3,(H,25,30). The number of hydrogen-bond acceptors (Lipinski definition) is 5. The van der Waals surface area contributed by atoms with Crippen molar-refractivity contribution < 1.29 is 14.6 Å². The third-order valence-corrected chi connectivity index (χ3v) is 5.66. The van der Waals surface area contributed by atoms with Crippen molar-refractivity contribution in [1.82, 2.24) is 20.1 Å². The van der Waals surface area contributed by atoms with Gasteiger partial charge in [-0.15, -0.1) is 0 Å². The van der Waals surface area contributed by atoms with E-state index in [-0.39, 0.29) is 18.0 Å². The second-order valence-electron chi connectivity index (χ2n) is 9.23. The normalized spacial score (nSPS) is 15.2. The summed E-state index contributed by atoms with van der Waals surface area (Å²) in [6.45, 7) is 8.26. The first-order valence-corrected chi connectivity index (χ1v) is 10.7. The van der Waals surface area contributed by atoms with Gasteiger partial charge in [-0.05, 0) is 64.3 Å². The van der Waals surface area contributed by atoms with Gasteiger partial charge in [0, 0.05) is 18.2 Å². The molecule has 1 atom stereocenters. The Labute approximate surface area is 182 Å². The summed E-state index contributed by atoms with van der Waals surface area (Å²) in [6, 6.07) is 9.07. The Bertz CT molecular complexity index is 1110. The number of aliphatic hydroxyl groups is 1. The lowest BCUT2D eigenvalue weighted by Gasteiger charge is -2.20. The third-order valence-electron chi connectivity index (χ3n) is 5.66. The van der Waals surface area contributed by atoms with Gasteiger partial charge in [0.05, 0.1) is 35.4 Å². The number of rotatable bonds is 6. The smallest absolute Gasteiger partial charge is 0.252 e. The zero-order valence-corrected chi connectivity index (χ0v) is 18.8. The molecule has 1 unspecified atom stereocenters. The van der Waals surface area contributed by atoms with Crippen LogP contribution in [0.1, 0.15) is 72.9 Å². The third kappa shape index (κ3) is 4.28. The highest BCUT2D eigenvalue weighted by Gasteiger charge is 2.30. The first kappa shape index (κ1) is 21.3. The van der Waals surface area contributed by atoms with Crippen molar-refractivity contribution in [2.75, 3.05) is 13.7 Å². The molecule has 3 aromatic rings. The van der Waals surface area contributed by atoms with E-state index in [0.29, 0.717) is 11.5 Å². The molecule has 1 aliphatic rings.